The quantitative estimate of drug-likeness (QED) is 0.779. The van der Waals surface area contributed by atoms with Crippen LogP contribution < -0.4 is 14.2 Å². The second-order valence-electron chi connectivity index (χ2n) is 7.71. The van der Waals surface area contributed by atoms with Crippen LogP contribution >= 0.6 is 0 Å². The maximum Gasteiger partial charge on any atom is 0.213 e. The van der Waals surface area contributed by atoms with Crippen molar-refractivity contribution in [3.63, 3.8) is 0 Å². The normalized spacial score (nSPS) is 20.2. The van der Waals surface area contributed by atoms with Crippen molar-refractivity contribution in [1.82, 2.24) is 9.88 Å². The van der Waals surface area contributed by atoms with Gasteiger partial charge in [0, 0.05) is 36.0 Å². The molecule has 1 saturated heterocycles. The number of ether oxygens (including phenoxy) is 3. The van der Waals surface area contributed by atoms with Gasteiger partial charge < -0.3 is 14.2 Å². The highest BCUT2D eigenvalue weighted by atomic mass is 19.1. The molecule has 0 bridgehead atoms. The number of likely N-dealkylation sites (tertiary alicyclic amines) is 1. The Bertz CT molecular complexity index is 858. The number of aromatic nitrogens is 1. The fourth-order valence-corrected chi connectivity index (χ4v) is 4.24. The zero-order chi connectivity index (χ0) is 19.7. The fourth-order valence-electron chi connectivity index (χ4n) is 4.24. The molecule has 6 heteroatoms. The van der Waals surface area contributed by atoms with Gasteiger partial charge in [0.1, 0.15) is 19.0 Å². The number of rotatable bonds is 5. The fraction of sp³-hybridized carbons (Fsp3) is 0.500. The first-order valence-corrected chi connectivity index (χ1v) is 9.88. The maximum atomic E-state index is 14.7. The van der Waals surface area contributed by atoms with Crippen molar-refractivity contribution in [3.05, 3.63) is 46.9 Å². The molecule has 0 N–H and O–H groups in total. The number of aryl methyl sites for hydroxylation is 1. The van der Waals surface area contributed by atoms with Crippen LogP contribution in [0.2, 0.25) is 0 Å². The Morgan fingerprint density at radius 2 is 1.96 bits per heavy atom. The molecule has 28 heavy (non-hydrogen) atoms. The predicted octanol–water partition coefficient (Wildman–Crippen LogP) is 3.93. The third kappa shape index (κ3) is 3.92. The Balaban J connectivity index is 1.45. The average molecular weight is 386 g/mol. The summed E-state index contributed by atoms with van der Waals surface area (Å²) < 4.78 is 31.1. The largest absolute Gasteiger partial charge is 0.486 e. The van der Waals surface area contributed by atoms with E-state index in [1.54, 1.807) is 13.2 Å². The lowest BCUT2D eigenvalue weighted by atomic mass is 9.98. The van der Waals surface area contributed by atoms with E-state index in [2.05, 4.69) is 22.9 Å². The summed E-state index contributed by atoms with van der Waals surface area (Å²) in [6.45, 7) is 6.93. The molecule has 1 fully saturated rings. The highest BCUT2D eigenvalue weighted by molar-refractivity contribution is 5.45. The Labute approximate surface area is 165 Å². The third-order valence-electron chi connectivity index (χ3n) is 5.70. The van der Waals surface area contributed by atoms with Gasteiger partial charge in [0.2, 0.25) is 5.88 Å². The summed E-state index contributed by atoms with van der Waals surface area (Å²) in [5, 5.41) is 0. The minimum Gasteiger partial charge on any atom is -0.486 e. The molecule has 0 spiro atoms. The van der Waals surface area contributed by atoms with E-state index in [1.165, 1.54) is 11.6 Å². The van der Waals surface area contributed by atoms with Crippen molar-refractivity contribution in [3.8, 4) is 17.4 Å². The Hall–Kier alpha value is -2.34. The molecule has 0 radical (unpaired) electrons. The molecular formula is C22H27FN2O3. The van der Waals surface area contributed by atoms with Gasteiger partial charge >= 0.3 is 0 Å². The minimum absolute atomic E-state index is 0.00506. The minimum atomic E-state index is -0.227. The topological polar surface area (TPSA) is 43.8 Å². The van der Waals surface area contributed by atoms with E-state index in [4.69, 9.17) is 14.2 Å². The number of halogens is 1. The van der Waals surface area contributed by atoms with Gasteiger partial charge in [0.05, 0.1) is 7.11 Å². The molecule has 1 aromatic heterocycles. The van der Waals surface area contributed by atoms with Crippen molar-refractivity contribution >= 4 is 0 Å². The molecule has 0 unspecified atom stereocenters. The van der Waals surface area contributed by atoms with Crippen molar-refractivity contribution < 1.29 is 18.6 Å². The zero-order valence-corrected chi connectivity index (χ0v) is 16.7. The van der Waals surface area contributed by atoms with Crippen LogP contribution in [0.4, 0.5) is 4.39 Å². The summed E-state index contributed by atoms with van der Waals surface area (Å²) in [5.74, 6) is 2.12. The average Bonchev–Trinajstić information content (AvgIpc) is 3.14. The highest BCUT2D eigenvalue weighted by Crippen LogP contribution is 2.37. The molecule has 2 atom stereocenters. The van der Waals surface area contributed by atoms with E-state index in [9.17, 15) is 4.39 Å². The van der Waals surface area contributed by atoms with Crippen LogP contribution in [0.5, 0.6) is 17.4 Å². The SMILES string of the molecule is COc1cc(C[C@@H]2CCN([C@@H](C)c3cc4c(cc3F)OCCO4)C2)cc(C)n1. The van der Waals surface area contributed by atoms with Gasteiger partial charge in [0.15, 0.2) is 11.5 Å². The molecule has 2 aliphatic heterocycles. The van der Waals surface area contributed by atoms with Crippen LogP contribution in [0.15, 0.2) is 24.3 Å². The van der Waals surface area contributed by atoms with Crippen molar-refractivity contribution in [1.29, 1.82) is 0 Å². The van der Waals surface area contributed by atoms with Crippen molar-refractivity contribution in [2.75, 3.05) is 33.4 Å². The molecule has 5 nitrogen and oxygen atoms in total. The highest BCUT2D eigenvalue weighted by Gasteiger charge is 2.29. The number of fused-ring (bicyclic) bond motifs is 1. The molecule has 1 aromatic carbocycles. The Kier molecular flexibility index (Phi) is 5.40. The van der Waals surface area contributed by atoms with Crippen LogP contribution in [0, 0.1) is 18.7 Å². The molecule has 0 aliphatic carbocycles. The number of nitrogens with zero attached hydrogens (tertiary/aromatic N) is 2. The monoisotopic (exact) mass is 386 g/mol. The second kappa shape index (κ2) is 7.95. The summed E-state index contributed by atoms with van der Waals surface area (Å²) in [6.07, 6.45) is 2.08. The van der Waals surface area contributed by atoms with Gasteiger partial charge in [-0.25, -0.2) is 9.37 Å². The van der Waals surface area contributed by atoms with Gasteiger partial charge in [-0.05, 0) is 56.8 Å². The van der Waals surface area contributed by atoms with Gasteiger partial charge in [0.25, 0.3) is 0 Å². The van der Waals surface area contributed by atoms with E-state index < -0.39 is 0 Å². The number of hydrogen-bond acceptors (Lipinski definition) is 5. The van der Waals surface area contributed by atoms with Crippen LogP contribution in [-0.2, 0) is 6.42 Å². The molecule has 4 rings (SSSR count). The first kappa shape index (κ1) is 19.0. The Morgan fingerprint density at radius 1 is 1.21 bits per heavy atom. The van der Waals surface area contributed by atoms with Crippen molar-refractivity contribution in [2.24, 2.45) is 5.92 Å². The zero-order valence-electron chi connectivity index (χ0n) is 16.7. The number of methoxy groups -OCH3 is 1. The summed E-state index contributed by atoms with van der Waals surface area (Å²) in [7, 11) is 1.65. The Morgan fingerprint density at radius 3 is 2.71 bits per heavy atom. The number of hydrogen-bond donors (Lipinski definition) is 0. The van der Waals surface area contributed by atoms with Gasteiger partial charge in [-0.1, -0.05) is 0 Å². The summed E-state index contributed by atoms with van der Waals surface area (Å²) >= 11 is 0. The lowest BCUT2D eigenvalue weighted by molar-refractivity contribution is 0.169. The molecule has 0 saturated carbocycles. The maximum absolute atomic E-state index is 14.7. The second-order valence-corrected chi connectivity index (χ2v) is 7.71. The van der Waals surface area contributed by atoms with E-state index >= 15 is 0 Å². The molecule has 0 amide bonds. The van der Waals surface area contributed by atoms with Gasteiger partial charge in [-0.15, -0.1) is 0 Å². The summed E-state index contributed by atoms with van der Waals surface area (Å²) in [5.41, 5.74) is 2.89. The van der Waals surface area contributed by atoms with Crippen LogP contribution in [-0.4, -0.2) is 43.3 Å². The van der Waals surface area contributed by atoms with E-state index in [1.807, 2.05) is 13.0 Å². The van der Waals surface area contributed by atoms with Gasteiger partial charge in [-0.3, -0.25) is 4.90 Å². The summed E-state index contributed by atoms with van der Waals surface area (Å²) in [4.78, 5) is 6.71. The van der Waals surface area contributed by atoms with E-state index in [-0.39, 0.29) is 11.9 Å². The number of pyridine rings is 1. The van der Waals surface area contributed by atoms with Crippen molar-refractivity contribution in [2.45, 2.75) is 32.7 Å². The standard InChI is InChI=1S/C22H27FN2O3/c1-14-8-17(10-22(24-14)26-3)9-16-4-5-25(13-16)15(2)18-11-20-21(12-19(18)23)28-7-6-27-20/h8,10-12,15-16H,4-7,9,13H2,1-3H3/t15-,16-/m0/s1. The lowest BCUT2D eigenvalue weighted by Gasteiger charge is -2.27. The molecule has 150 valence electrons. The van der Waals surface area contributed by atoms with Gasteiger partial charge in [-0.2, -0.15) is 0 Å². The molecule has 3 heterocycles. The van der Waals surface area contributed by atoms with E-state index in [0.29, 0.717) is 42.1 Å². The first-order chi connectivity index (χ1) is 13.5. The van der Waals surface area contributed by atoms with Crippen LogP contribution in [0.1, 0.15) is 36.2 Å². The number of benzene rings is 1. The molecule has 2 aliphatic rings. The summed E-state index contributed by atoms with van der Waals surface area (Å²) in [6, 6.07) is 7.39. The predicted molar refractivity (Wildman–Crippen MR) is 105 cm³/mol. The van der Waals surface area contributed by atoms with Crippen LogP contribution in [0.3, 0.4) is 0 Å². The molecular weight excluding hydrogens is 359 g/mol. The van der Waals surface area contributed by atoms with E-state index in [0.717, 1.165) is 31.6 Å². The smallest absolute Gasteiger partial charge is 0.213 e. The lowest BCUT2D eigenvalue weighted by Crippen LogP contribution is -2.26. The third-order valence-corrected chi connectivity index (χ3v) is 5.70. The molecule has 2 aromatic rings. The van der Waals surface area contributed by atoms with Crippen LogP contribution in [0.25, 0.3) is 0 Å². The first-order valence-electron chi connectivity index (χ1n) is 9.88.